The Hall–Kier alpha value is -0.900. The van der Waals surface area contributed by atoms with Gasteiger partial charge in [0.05, 0.1) is 12.0 Å². The predicted octanol–water partition coefficient (Wildman–Crippen LogP) is 5.71. The Bertz CT molecular complexity index is 643. The highest BCUT2D eigenvalue weighted by Gasteiger charge is 2.59. The number of hydrogen-bond donors (Lipinski definition) is 2. The van der Waals surface area contributed by atoms with Crippen LogP contribution >= 0.6 is 0 Å². The summed E-state index contributed by atoms with van der Waals surface area (Å²) in [5, 5.41) is 19.9. The van der Waals surface area contributed by atoms with E-state index in [-0.39, 0.29) is 23.7 Å². The molecule has 172 valence electrons. The Morgan fingerprint density at radius 1 is 1.00 bits per heavy atom. The lowest BCUT2D eigenvalue weighted by Crippen LogP contribution is -2.53. The minimum atomic E-state index is -0.847. The Labute approximate surface area is 183 Å². The van der Waals surface area contributed by atoms with Crippen molar-refractivity contribution < 1.29 is 19.8 Å². The van der Waals surface area contributed by atoms with Gasteiger partial charge >= 0.3 is 5.97 Å². The molecular weight excluding hydrogens is 376 g/mol. The molecule has 0 amide bonds. The van der Waals surface area contributed by atoms with Gasteiger partial charge in [-0.05, 0) is 73.5 Å². The van der Waals surface area contributed by atoms with Crippen LogP contribution in [0.3, 0.4) is 0 Å². The minimum absolute atomic E-state index is 0.0775. The fourth-order valence-corrected chi connectivity index (χ4v) is 7.68. The van der Waals surface area contributed by atoms with Crippen LogP contribution in [0.4, 0.5) is 0 Å². The molecule has 3 aliphatic carbocycles. The van der Waals surface area contributed by atoms with Gasteiger partial charge in [0.25, 0.3) is 0 Å². The summed E-state index contributed by atoms with van der Waals surface area (Å²) in [6, 6.07) is 0. The van der Waals surface area contributed by atoms with Gasteiger partial charge in [-0.25, -0.2) is 0 Å². The lowest BCUT2D eigenvalue weighted by atomic mass is 9.51. The Morgan fingerprint density at radius 3 is 2.27 bits per heavy atom. The number of aliphatic hydroxyl groups is 1. The number of Topliss-reactive ketones (excluding diaryl/α,β-unsaturated/α-hetero) is 1. The van der Waals surface area contributed by atoms with Gasteiger partial charge in [0, 0.05) is 11.8 Å². The monoisotopic (exact) mass is 420 g/mol. The number of aliphatic hydroxyl groups excluding tert-OH is 1. The van der Waals surface area contributed by atoms with Gasteiger partial charge in [0.1, 0.15) is 5.78 Å². The topological polar surface area (TPSA) is 74.6 Å². The van der Waals surface area contributed by atoms with E-state index in [4.69, 9.17) is 0 Å². The van der Waals surface area contributed by atoms with Crippen LogP contribution < -0.4 is 0 Å². The first kappa shape index (κ1) is 23.8. The van der Waals surface area contributed by atoms with E-state index in [0.717, 1.165) is 31.6 Å². The first-order valence-electron chi connectivity index (χ1n) is 12.4. The summed E-state index contributed by atoms with van der Waals surface area (Å²) in [5.41, 5.74) is -0.446. The van der Waals surface area contributed by atoms with Crippen LogP contribution in [0.5, 0.6) is 0 Å². The Morgan fingerprint density at radius 2 is 1.63 bits per heavy atom. The zero-order chi connectivity index (χ0) is 22.3. The highest BCUT2D eigenvalue weighted by atomic mass is 16.4. The van der Waals surface area contributed by atoms with Crippen LogP contribution in [0.2, 0.25) is 0 Å². The number of carboxylic acid groups (broad SMARTS) is 1. The van der Waals surface area contributed by atoms with Crippen molar-refractivity contribution in [1.82, 2.24) is 0 Å². The van der Waals surface area contributed by atoms with Gasteiger partial charge in [-0.1, -0.05) is 53.9 Å². The molecule has 3 saturated carbocycles. The maximum atomic E-state index is 13.8. The van der Waals surface area contributed by atoms with E-state index in [2.05, 4.69) is 27.7 Å². The second-order valence-corrected chi connectivity index (χ2v) is 11.9. The van der Waals surface area contributed by atoms with Crippen LogP contribution in [0.15, 0.2) is 0 Å². The van der Waals surface area contributed by atoms with Gasteiger partial charge in [0.15, 0.2) is 0 Å². The maximum Gasteiger partial charge on any atom is 0.307 e. The van der Waals surface area contributed by atoms with Crippen molar-refractivity contribution in [3.63, 3.8) is 0 Å². The van der Waals surface area contributed by atoms with Crippen molar-refractivity contribution in [3.05, 3.63) is 0 Å². The van der Waals surface area contributed by atoms with E-state index in [9.17, 15) is 19.8 Å². The van der Waals surface area contributed by atoms with Crippen molar-refractivity contribution in [1.29, 1.82) is 0 Å². The molecule has 0 aromatic carbocycles. The molecule has 0 spiro atoms. The van der Waals surface area contributed by atoms with Gasteiger partial charge in [-0.3, -0.25) is 9.59 Å². The molecule has 3 aliphatic rings. The van der Waals surface area contributed by atoms with Crippen LogP contribution in [-0.2, 0) is 9.59 Å². The molecule has 4 heteroatoms. The Kier molecular flexibility index (Phi) is 7.06. The zero-order valence-electron chi connectivity index (χ0n) is 19.8. The molecule has 0 saturated heterocycles. The fourth-order valence-electron chi connectivity index (χ4n) is 7.68. The highest BCUT2D eigenvalue weighted by Crippen LogP contribution is 2.61. The van der Waals surface area contributed by atoms with Crippen LogP contribution in [0.25, 0.3) is 0 Å². The lowest BCUT2D eigenvalue weighted by Gasteiger charge is -2.52. The van der Waals surface area contributed by atoms with E-state index < -0.39 is 23.4 Å². The predicted molar refractivity (Wildman–Crippen MR) is 119 cm³/mol. The van der Waals surface area contributed by atoms with Gasteiger partial charge < -0.3 is 10.2 Å². The summed E-state index contributed by atoms with van der Waals surface area (Å²) in [6.07, 6.45) is 8.75. The maximum absolute atomic E-state index is 13.8. The van der Waals surface area contributed by atoms with E-state index in [1.54, 1.807) is 0 Å². The summed E-state index contributed by atoms with van der Waals surface area (Å²) in [6.45, 7) is 11.3. The molecule has 0 aromatic heterocycles. The molecule has 0 heterocycles. The number of rotatable bonds is 7. The van der Waals surface area contributed by atoms with Crippen molar-refractivity contribution in [2.45, 2.75) is 105 Å². The van der Waals surface area contributed by atoms with E-state index in [0.29, 0.717) is 30.5 Å². The molecule has 0 aromatic rings. The number of hydrogen-bond acceptors (Lipinski definition) is 3. The third-order valence-corrected chi connectivity index (χ3v) is 9.61. The number of ketones is 1. The summed E-state index contributed by atoms with van der Waals surface area (Å²) >= 11 is 0. The third-order valence-electron chi connectivity index (χ3n) is 9.61. The van der Waals surface area contributed by atoms with Crippen molar-refractivity contribution >= 4 is 11.8 Å². The normalized spacial score (nSPS) is 42.9. The van der Waals surface area contributed by atoms with Crippen LogP contribution in [0, 0.1) is 46.3 Å². The van der Waals surface area contributed by atoms with E-state index >= 15 is 0 Å². The van der Waals surface area contributed by atoms with Crippen LogP contribution in [-0.4, -0.2) is 28.1 Å². The third kappa shape index (κ3) is 4.23. The van der Waals surface area contributed by atoms with Gasteiger partial charge in [-0.15, -0.1) is 0 Å². The van der Waals surface area contributed by atoms with Crippen molar-refractivity contribution in [2.24, 2.45) is 46.3 Å². The molecule has 30 heavy (non-hydrogen) atoms. The minimum Gasteiger partial charge on any atom is -0.481 e. The molecule has 4 nitrogen and oxygen atoms in total. The van der Waals surface area contributed by atoms with Gasteiger partial charge in [-0.2, -0.15) is 0 Å². The first-order valence-corrected chi connectivity index (χ1v) is 12.4. The molecule has 4 unspecified atom stereocenters. The van der Waals surface area contributed by atoms with E-state index in [1.807, 2.05) is 6.92 Å². The fraction of sp³-hybridized carbons (Fsp3) is 0.923. The smallest absolute Gasteiger partial charge is 0.307 e. The van der Waals surface area contributed by atoms with E-state index in [1.165, 1.54) is 19.3 Å². The SMILES string of the molecule is CC(C)CCCC(C)[C@H]1CC[C@H]2C(=O)[C@@H](C3(C)CCC(O)CC3C(=O)O)CC[C@]12C. The molecule has 0 aliphatic heterocycles. The Balaban J connectivity index is 1.74. The molecule has 2 N–H and O–H groups in total. The first-order chi connectivity index (χ1) is 14.0. The summed E-state index contributed by atoms with van der Waals surface area (Å²) in [7, 11) is 0. The van der Waals surface area contributed by atoms with Crippen molar-refractivity contribution in [3.8, 4) is 0 Å². The van der Waals surface area contributed by atoms with Crippen LogP contribution in [0.1, 0.15) is 98.8 Å². The van der Waals surface area contributed by atoms with Crippen molar-refractivity contribution in [2.75, 3.05) is 0 Å². The largest absolute Gasteiger partial charge is 0.481 e. The summed E-state index contributed by atoms with van der Waals surface area (Å²) in [5.74, 6) is 0.799. The zero-order valence-corrected chi connectivity index (χ0v) is 19.8. The number of carbonyl (C=O) groups is 2. The number of carbonyl (C=O) groups excluding carboxylic acids is 1. The quantitative estimate of drug-likeness (QED) is 0.553. The average Bonchev–Trinajstić information content (AvgIpc) is 3.01. The number of fused-ring (bicyclic) bond motifs is 1. The summed E-state index contributed by atoms with van der Waals surface area (Å²) in [4.78, 5) is 25.8. The molecule has 0 radical (unpaired) electrons. The molecular formula is C26H44O4. The standard InChI is InChI=1S/C26H44O4/c1-16(2)7-6-8-17(3)19-9-10-20-23(28)21(12-14-25(19,20)4)26(5)13-11-18(27)15-22(26)24(29)30/h16-22,27H,6-15H2,1-5H3,(H,29,30)/t17?,18?,19-,20+,21+,22?,25-,26?/m1/s1. The number of aliphatic carboxylic acids is 1. The molecule has 8 atom stereocenters. The lowest BCUT2D eigenvalue weighted by molar-refractivity contribution is -0.161. The molecule has 3 rings (SSSR count). The second-order valence-electron chi connectivity index (χ2n) is 11.9. The molecule has 3 fully saturated rings. The second kappa shape index (κ2) is 8.92. The number of carboxylic acids is 1. The molecule has 0 bridgehead atoms. The highest BCUT2D eigenvalue weighted by molar-refractivity contribution is 5.87. The van der Waals surface area contributed by atoms with Gasteiger partial charge in [0.2, 0.25) is 0 Å². The summed E-state index contributed by atoms with van der Waals surface area (Å²) < 4.78 is 0. The average molecular weight is 421 g/mol.